The lowest BCUT2D eigenvalue weighted by Crippen LogP contribution is -2.08. The number of hydrogen-bond donors (Lipinski definition) is 1. The molecule has 3 rings (SSSR count). The van der Waals surface area contributed by atoms with Crippen LogP contribution in [0.15, 0.2) is 29.4 Å². The maximum atomic E-state index is 5.40. The second-order valence-corrected chi connectivity index (χ2v) is 7.70. The lowest BCUT2D eigenvalue weighted by molar-refractivity contribution is 0.355. The number of nitrogens with zero attached hydrogens (tertiary/aromatic N) is 4. The van der Waals surface area contributed by atoms with E-state index < -0.39 is 0 Å². The fourth-order valence-electron chi connectivity index (χ4n) is 3.29. The van der Waals surface area contributed by atoms with Crippen molar-refractivity contribution in [3.63, 3.8) is 0 Å². The van der Waals surface area contributed by atoms with Gasteiger partial charge in [0, 0.05) is 29.1 Å². The fourth-order valence-corrected chi connectivity index (χ4v) is 3.46. The van der Waals surface area contributed by atoms with Crippen molar-refractivity contribution < 1.29 is 9.47 Å². The molecule has 0 aliphatic rings. The van der Waals surface area contributed by atoms with Crippen LogP contribution in [0.5, 0.6) is 11.5 Å². The Bertz CT molecular complexity index is 1090. The van der Waals surface area contributed by atoms with E-state index in [4.69, 9.17) is 21.7 Å². The number of benzene rings is 1. The number of aromatic nitrogens is 4. The Morgan fingerprint density at radius 3 is 2.55 bits per heavy atom. The zero-order valence-electron chi connectivity index (χ0n) is 17.7. The molecule has 8 heteroatoms. The molecule has 0 aliphatic heterocycles. The van der Waals surface area contributed by atoms with Crippen LogP contribution in [0.2, 0.25) is 0 Å². The summed E-state index contributed by atoms with van der Waals surface area (Å²) in [6.45, 7) is 9.64. The van der Waals surface area contributed by atoms with Gasteiger partial charge in [-0.25, -0.2) is 5.10 Å². The van der Waals surface area contributed by atoms with E-state index in [0.717, 1.165) is 17.7 Å². The average Bonchev–Trinajstić information content (AvgIpc) is 3.19. The predicted molar refractivity (Wildman–Crippen MR) is 118 cm³/mol. The van der Waals surface area contributed by atoms with Crippen LogP contribution in [0, 0.1) is 24.5 Å². The molecule has 0 fully saturated rings. The second-order valence-electron chi connectivity index (χ2n) is 7.31. The van der Waals surface area contributed by atoms with Crippen LogP contribution in [0.4, 0.5) is 0 Å². The monoisotopic (exact) mass is 413 g/mol. The van der Waals surface area contributed by atoms with Crippen LogP contribution in [-0.4, -0.2) is 39.9 Å². The summed E-state index contributed by atoms with van der Waals surface area (Å²) in [4.78, 5) is 0. The van der Waals surface area contributed by atoms with Gasteiger partial charge in [0.25, 0.3) is 0 Å². The van der Waals surface area contributed by atoms with Gasteiger partial charge >= 0.3 is 0 Å². The topological polar surface area (TPSA) is 69.4 Å². The third kappa shape index (κ3) is 4.27. The highest BCUT2D eigenvalue weighted by Gasteiger charge is 2.13. The highest BCUT2D eigenvalue weighted by atomic mass is 32.1. The molecule has 1 aromatic carbocycles. The number of aryl methyl sites for hydroxylation is 1. The molecule has 0 amide bonds. The smallest absolute Gasteiger partial charge is 0.216 e. The number of H-pyrrole nitrogens is 1. The molecule has 2 aromatic heterocycles. The number of nitrogens with one attached hydrogen (secondary N) is 1. The van der Waals surface area contributed by atoms with Crippen molar-refractivity contribution in [2.75, 3.05) is 14.2 Å². The SMILES string of the molecule is COc1ccc(-c2n[nH]c(=S)n2/N=C\c2cc(C)n(CC(C)C)c2C)cc1OC. The summed E-state index contributed by atoms with van der Waals surface area (Å²) >= 11 is 5.39. The van der Waals surface area contributed by atoms with E-state index in [0.29, 0.717) is 28.0 Å². The largest absolute Gasteiger partial charge is 0.493 e. The lowest BCUT2D eigenvalue weighted by atomic mass is 10.2. The fraction of sp³-hybridized carbons (Fsp3) is 0.381. The van der Waals surface area contributed by atoms with Crippen LogP contribution in [0.25, 0.3) is 11.4 Å². The Morgan fingerprint density at radius 1 is 1.17 bits per heavy atom. The molecular weight excluding hydrogens is 386 g/mol. The van der Waals surface area contributed by atoms with Gasteiger partial charge in [0.05, 0.1) is 20.4 Å². The second kappa shape index (κ2) is 8.65. The van der Waals surface area contributed by atoms with Crippen LogP contribution >= 0.6 is 12.2 Å². The first kappa shape index (κ1) is 20.9. The summed E-state index contributed by atoms with van der Waals surface area (Å²) in [7, 11) is 3.21. The highest BCUT2D eigenvalue weighted by molar-refractivity contribution is 7.71. The molecule has 29 heavy (non-hydrogen) atoms. The summed E-state index contributed by atoms with van der Waals surface area (Å²) in [5, 5.41) is 11.8. The van der Waals surface area contributed by atoms with Crippen LogP contribution in [0.1, 0.15) is 30.8 Å². The van der Waals surface area contributed by atoms with E-state index in [2.05, 4.69) is 53.6 Å². The standard InChI is InChI=1S/C21H27N5O2S/c1-13(2)12-25-14(3)9-17(15(25)4)11-22-26-20(23-24-21(26)29)16-7-8-18(27-5)19(10-16)28-6/h7-11,13H,12H2,1-6H3,(H,24,29)/b22-11-. The van der Waals surface area contributed by atoms with E-state index in [1.807, 2.05) is 24.4 Å². The molecule has 0 aliphatic carbocycles. The minimum absolute atomic E-state index is 0.419. The van der Waals surface area contributed by atoms with Crippen molar-refractivity contribution in [2.45, 2.75) is 34.2 Å². The van der Waals surface area contributed by atoms with Gasteiger partial charge in [-0.15, -0.1) is 0 Å². The number of rotatable bonds is 7. The molecule has 7 nitrogen and oxygen atoms in total. The molecule has 154 valence electrons. The minimum Gasteiger partial charge on any atom is -0.493 e. The summed E-state index contributed by atoms with van der Waals surface area (Å²) in [5.41, 5.74) is 4.28. The van der Waals surface area contributed by atoms with Gasteiger partial charge in [0.1, 0.15) is 0 Å². The third-order valence-corrected chi connectivity index (χ3v) is 5.03. The molecule has 2 heterocycles. The average molecular weight is 414 g/mol. The van der Waals surface area contributed by atoms with E-state index >= 15 is 0 Å². The number of ether oxygens (including phenoxy) is 2. The van der Waals surface area contributed by atoms with Gasteiger partial charge < -0.3 is 14.0 Å². The molecule has 0 saturated heterocycles. The van der Waals surface area contributed by atoms with Crippen LogP contribution in [-0.2, 0) is 6.54 Å². The molecule has 0 spiro atoms. The normalized spacial score (nSPS) is 11.6. The summed E-state index contributed by atoms with van der Waals surface area (Å²) in [5.74, 6) is 2.44. The van der Waals surface area contributed by atoms with Crippen molar-refractivity contribution in [1.29, 1.82) is 0 Å². The van der Waals surface area contributed by atoms with Crippen molar-refractivity contribution in [3.8, 4) is 22.9 Å². The van der Waals surface area contributed by atoms with E-state index in [1.54, 1.807) is 18.9 Å². The van der Waals surface area contributed by atoms with E-state index in [-0.39, 0.29) is 0 Å². The van der Waals surface area contributed by atoms with Gasteiger partial charge in [-0.2, -0.15) is 14.9 Å². The molecule has 0 atom stereocenters. The molecule has 0 radical (unpaired) electrons. The van der Waals surface area contributed by atoms with Gasteiger partial charge in [-0.1, -0.05) is 13.8 Å². The first-order valence-corrected chi connectivity index (χ1v) is 9.87. The minimum atomic E-state index is 0.419. The summed E-state index contributed by atoms with van der Waals surface area (Å²) in [6, 6.07) is 7.72. The molecule has 0 saturated carbocycles. The molecular formula is C21H27N5O2S. The van der Waals surface area contributed by atoms with E-state index in [9.17, 15) is 0 Å². The maximum absolute atomic E-state index is 5.40. The zero-order valence-corrected chi connectivity index (χ0v) is 18.5. The Kier molecular flexibility index (Phi) is 6.22. The molecule has 0 bridgehead atoms. The number of methoxy groups -OCH3 is 2. The van der Waals surface area contributed by atoms with E-state index in [1.165, 1.54) is 11.4 Å². The first-order valence-electron chi connectivity index (χ1n) is 9.46. The maximum Gasteiger partial charge on any atom is 0.216 e. The Hall–Kier alpha value is -2.87. The zero-order chi connectivity index (χ0) is 21.1. The first-order chi connectivity index (χ1) is 13.8. The van der Waals surface area contributed by atoms with Crippen molar-refractivity contribution in [1.82, 2.24) is 19.4 Å². The van der Waals surface area contributed by atoms with Gasteiger partial charge in [-0.3, -0.25) is 0 Å². The Labute approximate surface area is 176 Å². The van der Waals surface area contributed by atoms with Gasteiger partial charge in [0.15, 0.2) is 17.3 Å². The quantitative estimate of drug-likeness (QED) is 0.455. The summed E-state index contributed by atoms with van der Waals surface area (Å²) < 4.78 is 15.1. The highest BCUT2D eigenvalue weighted by Crippen LogP contribution is 2.31. The molecule has 3 aromatic rings. The van der Waals surface area contributed by atoms with Crippen molar-refractivity contribution in [2.24, 2.45) is 11.0 Å². The van der Waals surface area contributed by atoms with Crippen molar-refractivity contribution in [3.05, 3.63) is 46.0 Å². The van der Waals surface area contributed by atoms with Crippen molar-refractivity contribution >= 4 is 18.4 Å². The summed E-state index contributed by atoms with van der Waals surface area (Å²) in [6.07, 6.45) is 1.83. The van der Waals surface area contributed by atoms with Crippen LogP contribution < -0.4 is 9.47 Å². The number of hydrogen-bond acceptors (Lipinski definition) is 5. The van der Waals surface area contributed by atoms with Crippen LogP contribution in [0.3, 0.4) is 0 Å². The Morgan fingerprint density at radius 2 is 1.90 bits per heavy atom. The molecule has 0 unspecified atom stereocenters. The molecule has 1 N–H and O–H groups in total. The lowest BCUT2D eigenvalue weighted by Gasteiger charge is -2.11. The van der Waals surface area contributed by atoms with Gasteiger partial charge in [-0.05, 0) is 56.2 Å². The predicted octanol–water partition coefficient (Wildman–Crippen LogP) is 4.58. The third-order valence-electron chi connectivity index (χ3n) is 4.76. The number of aromatic amines is 1. The Balaban J connectivity index is 1.99. The van der Waals surface area contributed by atoms with Gasteiger partial charge in [0.2, 0.25) is 4.77 Å².